The van der Waals surface area contributed by atoms with E-state index < -0.39 is 12.0 Å². The molecule has 94 valence electrons. The van der Waals surface area contributed by atoms with Crippen molar-refractivity contribution in [3.8, 4) is 11.6 Å². The summed E-state index contributed by atoms with van der Waals surface area (Å²) in [7, 11) is 0. The fourth-order valence-electron chi connectivity index (χ4n) is 2.36. The Labute approximate surface area is 103 Å². The molecule has 0 amide bonds. The standard InChI is InChI=1S/C12H13N3O3/c1-7-5-6-9(18-7)11-14-13-10-4-2-3-8(12(16)17)15(10)11/h5-6,8H,2-4H2,1H3,(H,16,17). The number of hydrogen-bond donors (Lipinski definition) is 1. The van der Waals surface area contributed by atoms with Crippen LogP contribution in [0.15, 0.2) is 16.5 Å². The fourth-order valence-corrected chi connectivity index (χ4v) is 2.36. The van der Waals surface area contributed by atoms with E-state index in [0.29, 0.717) is 18.0 Å². The second-order valence-corrected chi connectivity index (χ2v) is 4.47. The van der Waals surface area contributed by atoms with Crippen LogP contribution in [0, 0.1) is 6.92 Å². The van der Waals surface area contributed by atoms with Crippen molar-refractivity contribution in [1.29, 1.82) is 0 Å². The highest BCUT2D eigenvalue weighted by molar-refractivity contribution is 5.73. The molecular weight excluding hydrogens is 234 g/mol. The monoisotopic (exact) mass is 247 g/mol. The summed E-state index contributed by atoms with van der Waals surface area (Å²) in [5.41, 5.74) is 0. The third kappa shape index (κ3) is 1.61. The summed E-state index contributed by atoms with van der Waals surface area (Å²) in [4.78, 5) is 11.3. The summed E-state index contributed by atoms with van der Waals surface area (Å²) in [6.45, 7) is 1.84. The highest BCUT2D eigenvalue weighted by Gasteiger charge is 2.30. The largest absolute Gasteiger partial charge is 0.480 e. The molecule has 0 saturated carbocycles. The summed E-state index contributed by atoms with van der Waals surface area (Å²) in [6.07, 6.45) is 2.19. The zero-order valence-corrected chi connectivity index (χ0v) is 9.96. The van der Waals surface area contributed by atoms with Crippen molar-refractivity contribution < 1.29 is 14.3 Å². The van der Waals surface area contributed by atoms with Crippen LogP contribution in [0.1, 0.15) is 30.5 Å². The van der Waals surface area contributed by atoms with Crippen LogP contribution in [-0.4, -0.2) is 25.8 Å². The smallest absolute Gasteiger partial charge is 0.326 e. The summed E-state index contributed by atoms with van der Waals surface area (Å²) in [6, 6.07) is 3.03. The SMILES string of the molecule is Cc1ccc(-c2nnc3n2C(C(=O)O)CCC3)o1. The zero-order valence-electron chi connectivity index (χ0n) is 9.96. The van der Waals surface area contributed by atoms with Crippen molar-refractivity contribution in [2.24, 2.45) is 0 Å². The van der Waals surface area contributed by atoms with Crippen molar-refractivity contribution >= 4 is 5.97 Å². The van der Waals surface area contributed by atoms with Gasteiger partial charge in [0.15, 0.2) is 5.76 Å². The topological polar surface area (TPSA) is 81.2 Å². The first-order valence-electron chi connectivity index (χ1n) is 5.90. The lowest BCUT2D eigenvalue weighted by Gasteiger charge is -2.21. The number of fused-ring (bicyclic) bond motifs is 1. The lowest BCUT2D eigenvalue weighted by Crippen LogP contribution is -2.25. The molecular formula is C12H13N3O3. The highest BCUT2D eigenvalue weighted by Crippen LogP contribution is 2.30. The molecule has 6 nitrogen and oxygen atoms in total. The molecule has 3 rings (SSSR count). The Hall–Kier alpha value is -2.11. The number of carboxylic acids is 1. The second-order valence-electron chi connectivity index (χ2n) is 4.47. The molecule has 1 aliphatic heterocycles. The molecule has 0 saturated heterocycles. The molecule has 0 radical (unpaired) electrons. The van der Waals surface area contributed by atoms with Gasteiger partial charge in [-0.25, -0.2) is 4.79 Å². The Morgan fingerprint density at radius 3 is 3.00 bits per heavy atom. The van der Waals surface area contributed by atoms with Gasteiger partial charge in [0.1, 0.15) is 17.6 Å². The molecule has 18 heavy (non-hydrogen) atoms. The molecule has 0 bridgehead atoms. The van der Waals surface area contributed by atoms with Crippen LogP contribution in [0.3, 0.4) is 0 Å². The first-order chi connectivity index (χ1) is 8.66. The van der Waals surface area contributed by atoms with Crippen LogP contribution >= 0.6 is 0 Å². The maximum absolute atomic E-state index is 11.3. The van der Waals surface area contributed by atoms with E-state index in [2.05, 4.69) is 10.2 Å². The summed E-state index contributed by atoms with van der Waals surface area (Å²) >= 11 is 0. The number of carboxylic acid groups (broad SMARTS) is 1. The quantitative estimate of drug-likeness (QED) is 0.875. The average molecular weight is 247 g/mol. The molecule has 1 unspecified atom stereocenters. The molecule has 0 aromatic carbocycles. The second kappa shape index (κ2) is 3.97. The van der Waals surface area contributed by atoms with Crippen LogP contribution in [0.2, 0.25) is 0 Å². The Morgan fingerprint density at radius 1 is 1.50 bits per heavy atom. The molecule has 3 heterocycles. The van der Waals surface area contributed by atoms with Crippen LogP contribution < -0.4 is 0 Å². The molecule has 0 spiro atoms. The van der Waals surface area contributed by atoms with Crippen molar-refractivity contribution in [3.05, 3.63) is 23.7 Å². The average Bonchev–Trinajstić information content (AvgIpc) is 2.94. The number of aryl methyl sites for hydroxylation is 2. The fraction of sp³-hybridized carbons (Fsp3) is 0.417. The van der Waals surface area contributed by atoms with E-state index in [4.69, 9.17) is 4.42 Å². The van der Waals surface area contributed by atoms with Gasteiger partial charge < -0.3 is 9.52 Å². The first-order valence-corrected chi connectivity index (χ1v) is 5.90. The van der Waals surface area contributed by atoms with Crippen LogP contribution in [0.5, 0.6) is 0 Å². The van der Waals surface area contributed by atoms with Gasteiger partial charge in [0.25, 0.3) is 0 Å². The van der Waals surface area contributed by atoms with Crippen molar-refractivity contribution in [2.75, 3.05) is 0 Å². The molecule has 1 N–H and O–H groups in total. The summed E-state index contributed by atoms with van der Waals surface area (Å²) in [5, 5.41) is 17.4. The van der Waals surface area contributed by atoms with E-state index >= 15 is 0 Å². The number of nitrogens with zero attached hydrogens (tertiary/aromatic N) is 3. The Morgan fingerprint density at radius 2 is 2.33 bits per heavy atom. The maximum Gasteiger partial charge on any atom is 0.326 e. The first kappa shape index (κ1) is 11.0. The molecule has 1 aliphatic rings. The lowest BCUT2D eigenvalue weighted by atomic mass is 10.0. The van der Waals surface area contributed by atoms with Gasteiger partial charge in [-0.05, 0) is 31.9 Å². The van der Waals surface area contributed by atoms with Crippen molar-refractivity contribution in [2.45, 2.75) is 32.2 Å². The third-order valence-corrected chi connectivity index (χ3v) is 3.20. The summed E-state index contributed by atoms with van der Waals surface area (Å²) in [5.74, 6) is 1.72. The Bertz CT molecular complexity index is 599. The molecule has 1 atom stereocenters. The Balaban J connectivity index is 2.12. The lowest BCUT2D eigenvalue weighted by molar-refractivity contribution is -0.141. The third-order valence-electron chi connectivity index (χ3n) is 3.20. The van der Waals surface area contributed by atoms with Crippen molar-refractivity contribution in [1.82, 2.24) is 14.8 Å². The zero-order chi connectivity index (χ0) is 12.7. The minimum atomic E-state index is -0.847. The van der Waals surface area contributed by atoms with Crippen LogP contribution in [0.4, 0.5) is 0 Å². The van der Waals surface area contributed by atoms with E-state index in [0.717, 1.165) is 24.4 Å². The van der Waals surface area contributed by atoms with E-state index in [-0.39, 0.29) is 0 Å². The van der Waals surface area contributed by atoms with Gasteiger partial charge >= 0.3 is 5.97 Å². The number of aliphatic carboxylic acids is 1. The van der Waals surface area contributed by atoms with E-state index in [1.807, 2.05) is 13.0 Å². The molecule has 2 aromatic heterocycles. The van der Waals surface area contributed by atoms with E-state index in [9.17, 15) is 9.90 Å². The van der Waals surface area contributed by atoms with Crippen LogP contribution in [0.25, 0.3) is 11.6 Å². The molecule has 0 aliphatic carbocycles. The highest BCUT2D eigenvalue weighted by atomic mass is 16.4. The predicted molar refractivity (Wildman–Crippen MR) is 62.1 cm³/mol. The maximum atomic E-state index is 11.3. The minimum absolute atomic E-state index is 0.505. The van der Waals surface area contributed by atoms with Gasteiger partial charge in [0.05, 0.1) is 0 Å². The van der Waals surface area contributed by atoms with Gasteiger partial charge in [0.2, 0.25) is 5.82 Å². The number of hydrogen-bond acceptors (Lipinski definition) is 4. The number of carbonyl (C=O) groups is 1. The number of aromatic nitrogens is 3. The number of furan rings is 1. The van der Waals surface area contributed by atoms with Crippen molar-refractivity contribution in [3.63, 3.8) is 0 Å². The van der Waals surface area contributed by atoms with Gasteiger partial charge in [-0.1, -0.05) is 0 Å². The van der Waals surface area contributed by atoms with Gasteiger partial charge in [-0.15, -0.1) is 10.2 Å². The van der Waals surface area contributed by atoms with E-state index in [1.165, 1.54) is 0 Å². The van der Waals surface area contributed by atoms with E-state index in [1.54, 1.807) is 10.6 Å². The molecule has 2 aromatic rings. The van der Waals surface area contributed by atoms with Gasteiger partial charge in [0, 0.05) is 6.42 Å². The Kier molecular flexibility index (Phi) is 2.43. The summed E-state index contributed by atoms with van der Waals surface area (Å²) < 4.78 is 7.19. The van der Waals surface area contributed by atoms with Crippen LogP contribution in [-0.2, 0) is 11.2 Å². The normalized spacial score (nSPS) is 18.6. The van der Waals surface area contributed by atoms with Gasteiger partial charge in [-0.3, -0.25) is 4.57 Å². The molecule has 0 fully saturated rings. The predicted octanol–water partition coefficient (Wildman–Crippen LogP) is 1.81. The minimum Gasteiger partial charge on any atom is -0.480 e. The molecule has 6 heteroatoms. The number of rotatable bonds is 2. The van der Waals surface area contributed by atoms with Gasteiger partial charge in [-0.2, -0.15) is 0 Å².